The van der Waals surface area contributed by atoms with Gasteiger partial charge in [-0.05, 0) is 12.1 Å². The van der Waals surface area contributed by atoms with Crippen LogP contribution in [0.15, 0.2) is 35.6 Å². The first-order valence-corrected chi connectivity index (χ1v) is 15.2. The molecule has 36 heavy (non-hydrogen) atoms. The normalized spacial score (nSPS) is 15.5. The van der Waals surface area contributed by atoms with E-state index in [2.05, 4.69) is 34.9 Å². The van der Waals surface area contributed by atoms with Crippen LogP contribution < -0.4 is 10.1 Å². The summed E-state index contributed by atoms with van der Waals surface area (Å²) in [7, 11) is -1.24. The Labute approximate surface area is 211 Å². The summed E-state index contributed by atoms with van der Waals surface area (Å²) in [5, 5.41) is 3.14. The van der Waals surface area contributed by atoms with Crippen LogP contribution in [0.4, 0.5) is 23.2 Å². The van der Waals surface area contributed by atoms with Crippen LogP contribution in [0.25, 0.3) is 11.0 Å². The molecule has 0 radical (unpaired) electrons. The fourth-order valence-electron chi connectivity index (χ4n) is 3.35. The number of pyridine rings is 1. The van der Waals surface area contributed by atoms with Crippen molar-refractivity contribution >= 4 is 42.4 Å². The lowest BCUT2D eigenvalue weighted by atomic mass is 10.2. The number of hydrogen-bond donors (Lipinski definition) is 1. The maximum atomic E-state index is 14.8. The largest absolute Gasteiger partial charge is 0.459 e. The molecule has 1 aliphatic heterocycles. The first-order valence-electron chi connectivity index (χ1n) is 11.1. The summed E-state index contributed by atoms with van der Waals surface area (Å²) in [4.78, 5) is 7.85. The lowest BCUT2D eigenvalue weighted by Gasteiger charge is -2.22. The fourth-order valence-corrected chi connectivity index (χ4v) is 4.41. The molecule has 2 aromatic heterocycles. The van der Waals surface area contributed by atoms with Gasteiger partial charge < -0.3 is 24.1 Å². The van der Waals surface area contributed by atoms with E-state index in [1.807, 2.05) is 0 Å². The Bertz CT molecular complexity index is 1270. The molecule has 0 saturated heterocycles. The Kier molecular flexibility index (Phi) is 7.48. The lowest BCUT2D eigenvalue weighted by molar-refractivity contribution is -0.0456. The van der Waals surface area contributed by atoms with E-state index in [4.69, 9.17) is 25.8 Å². The molecule has 3 heterocycles. The number of fused-ring (bicyclic) bond motifs is 1. The number of nitrogens with zero attached hydrogens (tertiary/aromatic N) is 3. The van der Waals surface area contributed by atoms with E-state index in [9.17, 15) is 17.6 Å². The molecule has 13 heteroatoms. The second-order valence-electron chi connectivity index (χ2n) is 9.56. The number of ether oxygens (including phenoxy) is 3. The van der Waals surface area contributed by atoms with Gasteiger partial charge >= 0.3 is 5.92 Å². The van der Waals surface area contributed by atoms with Crippen LogP contribution in [0.3, 0.4) is 0 Å². The van der Waals surface area contributed by atoms with E-state index in [-0.39, 0.29) is 29.2 Å². The average molecular weight is 545 g/mol. The smallest absolute Gasteiger partial charge is 0.300 e. The number of rotatable bonds is 8. The molecule has 0 atom stereocenters. The van der Waals surface area contributed by atoms with Crippen LogP contribution in [-0.2, 0) is 16.2 Å². The first-order chi connectivity index (χ1) is 16.9. The minimum atomic E-state index is -3.09. The summed E-state index contributed by atoms with van der Waals surface area (Å²) in [5.41, 5.74) is 0.356. The highest BCUT2D eigenvalue weighted by Crippen LogP contribution is 2.37. The molecule has 194 valence electrons. The highest BCUT2D eigenvalue weighted by atomic mass is 35.5. The van der Waals surface area contributed by atoms with Gasteiger partial charge in [0, 0.05) is 44.9 Å². The van der Waals surface area contributed by atoms with Crippen LogP contribution in [-0.4, -0.2) is 49.3 Å². The van der Waals surface area contributed by atoms with E-state index >= 15 is 0 Å². The minimum Gasteiger partial charge on any atom is -0.459 e. The van der Waals surface area contributed by atoms with Gasteiger partial charge in [0.1, 0.15) is 24.7 Å². The number of alkyl halides is 2. The van der Waals surface area contributed by atoms with Crippen molar-refractivity contribution in [1.29, 1.82) is 0 Å². The molecule has 0 aliphatic carbocycles. The van der Waals surface area contributed by atoms with E-state index in [1.54, 1.807) is 10.8 Å². The minimum absolute atomic E-state index is 0.0826. The molecule has 0 amide bonds. The van der Waals surface area contributed by atoms with E-state index < -0.39 is 44.5 Å². The first kappa shape index (κ1) is 26.2. The van der Waals surface area contributed by atoms with Crippen LogP contribution in [0.2, 0.25) is 30.7 Å². The molecule has 7 nitrogen and oxygen atoms in total. The van der Waals surface area contributed by atoms with Crippen molar-refractivity contribution in [3.05, 3.63) is 47.2 Å². The zero-order valence-corrected chi connectivity index (χ0v) is 21.6. The number of aromatic nitrogens is 2. The molecular formula is C23H25ClF4N4O3Si. The zero-order valence-electron chi connectivity index (χ0n) is 19.9. The summed E-state index contributed by atoms with van der Waals surface area (Å²) < 4.78 is 73.8. The third kappa shape index (κ3) is 6.29. The van der Waals surface area contributed by atoms with Gasteiger partial charge in [-0.2, -0.15) is 0 Å². The maximum Gasteiger partial charge on any atom is 0.300 e. The number of anilines is 1. The van der Waals surface area contributed by atoms with Gasteiger partial charge in [0.15, 0.2) is 24.0 Å². The summed E-state index contributed by atoms with van der Waals surface area (Å²) in [6.45, 7) is 5.90. The SMILES string of the molecule is C[Si](C)(C)CCOCn1cc(Cl)c2c(Oc3c(F)cc(NC4=NCC(F)(F)CO4)cc3F)ccnc21. The van der Waals surface area contributed by atoms with E-state index in [1.165, 1.54) is 12.3 Å². The van der Waals surface area contributed by atoms with Gasteiger partial charge in [-0.1, -0.05) is 31.2 Å². The Morgan fingerprint density at radius 1 is 1.22 bits per heavy atom. The average Bonchev–Trinajstić information content (AvgIpc) is 3.11. The van der Waals surface area contributed by atoms with Crippen molar-refractivity contribution in [2.75, 3.05) is 25.1 Å². The van der Waals surface area contributed by atoms with Crippen LogP contribution in [0.1, 0.15) is 0 Å². The molecule has 0 spiro atoms. The molecule has 1 aliphatic rings. The highest BCUT2D eigenvalue weighted by Gasteiger charge is 2.34. The van der Waals surface area contributed by atoms with Crippen molar-refractivity contribution in [3.8, 4) is 11.5 Å². The third-order valence-electron chi connectivity index (χ3n) is 5.24. The van der Waals surface area contributed by atoms with Crippen molar-refractivity contribution < 1.29 is 31.8 Å². The second kappa shape index (κ2) is 10.3. The third-order valence-corrected chi connectivity index (χ3v) is 7.23. The number of aliphatic imine (C=N–C) groups is 1. The van der Waals surface area contributed by atoms with Crippen molar-refractivity contribution in [1.82, 2.24) is 9.55 Å². The Balaban J connectivity index is 1.52. The van der Waals surface area contributed by atoms with Gasteiger partial charge in [-0.3, -0.25) is 0 Å². The Hall–Kier alpha value is -2.83. The zero-order chi connectivity index (χ0) is 26.1. The predicted molar refractivity (Wildman–Crippen MR) is 132 cm³/mol. The molecule has 3 aromatic rings. The molecule has 1 aromatic carbocycles. The van der Waals surface area contributed by atoms with Gasteiger partial charge in [-0.25, -0.2) is 27.5 Å². The number of benzene rings is 1. The molecule has 0 bridgehead atoms. The maximum absolute atomic E-state index is 14.8. The van der Waals surface area contributed by atoms with E-state index in [0.29, 0.717) is 17.6 Å². The van der Waals surface area contributed by atoms with Crippen molar-refractivity contribution in [3.63, 3.8) is 0 Å². The lowest BCUT2D eigenvalue weighted by Crippen LogP contribution is -2.36. The second-order valence-corrected chi connectivity index (χ2v) is 15.6. The Morgan fingerprint density at radius 2 is 1.94 bits per heavy atom. The molecule has 1 N–H and O–H groups in total. The highest BCUT2D eigenvalue weighted by molar-refractivity contribution is 6.76. The number of nitrogens with one attached hydrogen (secondary N) is 1. The molecule has 4 rings (SSSR count). The molecule has 0 unspecified atom stereocenters. The molecule has 0 fully saturated rings. The number of halogens is 5. The molecular weight excluding hydrogens is 520 g/mol. The van der Waals surface area contributed by atoms with E-state index in [0.717, 1.165) is 18.2 Å². The van der Waals surface area contributed by atoms with Crippen molar-refractivity contribution in [2.45, 2.75) is 38.3 Å². The summed E-state index contributed by atoms with van der Waals surface area (Å²) >= 11 is 6.40. The quantitative estimate of drug-likeness (QED) is 0.199. The van der Waals surface area contributed by atoms with Gasteiger partial charge in [0.25, 0.3) is 6.02 Å². The fraction of sp³-hybridized carbons (Fsp3) is 0.391. The van der Waals surface area contributed by atoms with Crippen LogP contribution in [0.5, 0.6) is 11.5 Å². The summed E-state index contributed by atoms with van der Waals surface area (Å²) in [6, 6.07) is 4.06. The summed E-state index contributed by atoms with van der Waals surface area (Å²) in [5.74, 6) is -5.72. The van der Waals surface area contributed by atoms with Gasteiger partial charge in [0.2, 0.25) is 0 Å². The number of amidine groups is 1. The standard InChI is InChI=1S/C23H25ClF4N4O3Si/c1-36(2,3)7-6-33-13-32-10-15(24)19-18(4-5-29-21(19)32)35-20-16(25)8-14(9-17(20)26)31-22-30-11-23(27,28)12-34-22/h4-5,8-10H,6-7,11-13H2,1-3H3,(H,30,31). The van der Waals surface area contributed by atoms with Gasteiger partial charge in [-0.15, -0.1) is 0 Å². The van der Waals surface area contributed by atoms with Crippen LogP contribution in [0, 0.1) is 11.6 Å². The Morgan fingerprint density at radius 3 is 2.58 bits per heavy atom. The van der Waals surface area contributed by atoms with Crippen LogP contribution >= 0.6 is 11.6 Å². The monoisotopic (exact) mass is 544 g/mol. The topological polar surface area (TPSA) is 69.9 Å². The summed E-state index contributed by atoms with van der Waals surface area (Å²) in [6.07, 6.45) is 3.06. The predicted octanol–water partition coefficient (Wildman–Crippen LogP) is 6.51. The van der Waals surface area contributed by atoms with Gasteiger partial charge in [0.05, 0.1) is 10.4 Å². The molecule has 0 saturated carbocycles. The van der Waals surface area contributed by atoms with Crippen molar-refractivity contribution in [2.24, 2.45) is 4.99 Å². The number of hydrogen-bond acceptors (Lipinski definition) is 6.